The second-order valence-corrected chi connectivity index (χ2v) is 5.81. The van der Waals surface area contributed by atoms with Crippen molar-refractivity contribution in [3.05, 3.63) is 34.9 Å². The zero-order chi connectivity index (χ0) is 13.0. The molecule has 18 heavy (non-hydrogen) atoms. The molecule has 0 aliphatic carbocycles. The highest BCUT2D eigenvalue weighted by Crippen LogP contribution is 2.17. The van der Waals surface area contributed by atoms with Crippen LogP contribution in [0.25, 0.3) is 0 Å². The standard InChI is InChI=1S/C10H12N4O2S2/c1-11-9-3-2-4-12-10(9)18(15,16)14-5-8-6-17-7-13-8/h2-4,6-7,11,14H,5H2,1H3. The van der Waals surface area contributed by atoms with Gasteiger partial charge >= 0.3 is 0 Å². The summed E-state index contributed by atoms with van der Waals surface area (Å²) < 4.78 is 26.6. The summed E-state index contributed by atoms with van der Waals surface area (Å²) in [6.07, 6.45) is 1.44. The molecule has 0 spiro atoms. The third kappa shape index (κ3) is 2.84. The summed E-state index contributed by atoms with van der Waals surface area (Å²) in [5.41, 5.74) is 2.80. The Morgan fingerprint density at radius 3 is 2.89 bits per heavy atom. The van der Waals surface area contributed by atoms with Gasteiger partial charge in [-0.05, 0) is 12.1 Å². The number of anilines is 1. The van der Waals surface area contributed by atoms with Crippen LogP contribution in [0.2, 0.25) is 0 Å². The first-order valence-corrected chi connectivity index (χ1v) is 7.55. The van der Waals surface area contributed by atoms with Gasteiger partial charge in [-0.1, -0.05) is 0 Å². The van der Waals surface area contributed by atoms with E-state index in [-0.39, 0.29) is 11.6 Å². The predicted molar refractivity (Wildman–Crippen MR) is 69.9 cm³/mol. The second-order valence-electron chi connectivity index (χ2n) is 3.41. The molecule has 0 aromatic carbocycles. The average Bonchev–Trinajstić information content (AvgIpc) is 2.89. The number of nitrogens with zero attached hydrogens (tertiary/aromatic N) is 2. The van der Waals surface area contributed by atoms with Gasteiger partial charge in [0.05, 0.1) is 23.4 Å². The fraction of sp³-hybridized carbons (Fsp3) is 0.200. The first kappa shape index (κ1) is 12.9. The maximum Gasteiger partial charge on any atom is 0.260 e. The lowest BCUT2D eigenvalue weighted by molar-refractivity contribution is 0.577. The molecular formula is C10H12N4O2S2. The minimum absolute atomic E-state index is 0.0114. The van der Waals surface area contributed by atoms with Crippen LogP contribution in [0.3, 0.4) is 0 Å². The Morgan fingerprint density at radius 2 is 2.22 bits per heavy atom. The number of hydrogen-bond acceptors (Lipinski definition) is 6. The minimum atomic E-state index is -3.64. The smallest absolute Gasteiger partial charge is 0.260 e. The van der Waals surface area contributed by atoms with E-state index < -0.39 is 10.0 Å². The molecule has 0 aliphatic rings. The topological polar surface area (TPSA) is 84.0 Å². The molecule has 0 aliphatic heterocycles. The summed E-state index contributed by atoms with van der Waals surface area (Å²) >= 11 is 1.42. The molecule has 0 unspecified atom stereocenters. The Hall–Kier alpha value is -1.51. The van der Waals surface area contributed by atoms with Gasteiger partial charge in [0.2, 0.25) is 0 Å². The van der Waals surface area contributed by atoms with E-state index in [4.69, 9.17) is 0 Å². The summed E-state index contributed by atoms with van der Waals surface area (Å²) in [5.74, 6) is 0. The van der Waals surface area contributed by atoms with Gasteiger partial charge in [-0.2, -0.15) is 0 Å². The van der Waals surface area contributed by atoms with Crippen LogP contribution in [-0.4, -0.2) is 25.4 Å². The highest BCUT2D eigenvalue weighted by Gasteiger charge is 2.19. The lowest BCUT2D eigenvalue weighted by atomic mass is 10.4. The van der Waals surface area contributed by atoms with E-state index in [1.54, 1.807) is 30.1 Å². The zero-order valence-electron chi connectivity index (χ0n) is 9.62. The van der Waals surface area contributed by atoms with Crippen molar-refractivity contribution in [2.75, 3.05) is 12.4 Å². The van der Waals surface area contributed by atoms with Crippen LogP contribution >= 0.6 is 11.3 Å². The maximum atomic E-state index is 12.1. The lowest BCUT2D eigenvalue weighted by Crippen LogP contribution is -2.25. The van der Waals surface area contributed by atoms with Crippen LogP contribution < -0.4 is 10.0 Å². The van der Waals surface area contributed by atoms with Gasteiger partial charge in [0.15, 0.2) is 5.03 Å². The highest BCUT2D eigenvalue weighted by atomic mass is 32.2. The molecule has 0 atom stereocenters. The van der Waals surface area contributed by atoms with Gasteiger partial charge in [-0.25, -0.2) is 23.1 Å². The van der Waals surface area contributed by atoms with E-state index in [0.717, 1.165) is 0 Å². The lowest BCUT2D eigenvalue weighted by Gasteiger charge is -2.08. The molecule has 2 aromatic rings. The number of thiazole rings is 1. The average molecular weight is 284 g/mol. The van der Waals surface area contributed by atoms with E-state index in [1.165, 1.54) is 17.5 Å². The Balaban J connectivity index is 2.20. The van der Waals surface area contributed by atoms with E-state index in [9.17, 15) is 8.42 Å². The van der Waals surface area contributed by atoms with Crippen molar-refractivity contribution in [2.45, 2.75) is 11.6 Å². The van der Waals surface area contributed by atoms with E-state index in [1.807, 2.05) is 0 Å². The van der Waals surface area contributed by atoms with Crippen LogP contribution in [0.1, 0.15) is 5.69 Å². The molecule has 2 aromatic heterocycles. The van der Waals surface area contributed by atoms with Gasteiger partial charge in [-0.3, -0.25) is 0 Å². The molecule has 2 N–H and O–H groups in total. The summed E-state index contributed by atoms with van der Waals surface area (Å²) in [6, 6.07) is 3.33. The number of aromatic nitrogens is 2. The van der Waals surface area contributed by atoms with Crippen molar-refractivity contribution in [1.29, 1.82) is 0 Å². The van der Waals surface area contributed by atoms with Crippen LogP contribution in [-0.2, 0) is 16.6 Å². The SMILES string of the molecule is CNc1cccnc1S(=O)(=O)NCc1cscn1. The van der Waals surface area contributed by atoms with E-state index in [2.05, 4.69) is 20.0 Å². The number of sulfonamides is 1. The Morgan fingerprint density at radius 1 is 1.39 bits per heavy atom. The summed E-state index contributed by atoms with van der Waals surface area (Å²) in [6.45, 7) is 0.158. The molecule has 0 bridgehead atoms. The quantitative estimate of drug-likeness (QED) is 0.857. The van der Waals surface area contributed by atoms with Gasteiger partial charge in [0.25, 0.3) is 10.0 Å². The number of hydrogen-bond donors (Lipinski definition) is 2. The monoisotopic (exact) mass is 284 g/mol. The van der Waals surface area contributed by atoms with Crippen molar-refractivity contribution >= 4 is 27.0 Å². The molecule has 2 rings (SSSR count). The third-order valence-corrected chi connectivity index (χ3v) is 4.22. The van der Waals surface area contributed by atoms with Crippen molar-refractivity contribution in [2.24, 2.45) is 0 Å². The molecule has 0 radical (unpaired) electrons. The predicted octanol–water partition coefficient (Wildman–Crippen LogP) is 1.06. The van der Waals surface area contributed by atoms with Gasteiger partial charge in [0, 0.05) is 18.6 Å². The summed E-state index contributed by atoms with van der Waals surface area (Å²) in [7, 11) is -1.99. The van der Waals surface area contributed by atoms with Crippen molar-refractivity contribution < 1.29 is 8.42 Å². The molecule has 96 valence electrons. The maximum absolute atomic E-state index is 12.1. The van der Waals surface area contributed by atoms with Gasteiger partial charge in [0.1, 0.15) is 0 Å². The minimum Gasteiger partial charge on any atom is -0.386 e. The number of pyridine rings is 1. The van der Waals surface area contributed by atoms with E-state index in [0.29, 0.717) is 11.4 Å². The number of rotatable bonds is 5. The first-order chi connectivity index (χ1) is 8.63. The van der Waals surface area contributed by atoms with Gasteiger partial charge < -0.3 is 5.32 Å². The first-order valence-electron chi connectivity index (χ1n) is 5.13. The van der Waals surface area contributed by atoms with Crippen molar-refractivity contribution in [3.63, 3.8) is 0 Å². The molecule has 8 heteroatoms. The Labute approximate surface area is 109 Å². The van der Waals surface area contributed by atoms with E-state index >= 15 is 0 Å². The largest absolute Gasteiger partial charge is 0.386 e. The Bertz CT molecular complexity index is 611. The fourth-order valence-electron chi connectivity index (χ4n) is 1.36. The number of nitrogens with one attached hydrogen (secondary N) is 2. The highest BCUT2D eigenvalue weighted by molar-refractivity contribution is 7.89. The molecule has 0 amide bonds. The molecule has 0 fully saturated rings. The van der Waals surface area contributed by atoms with Crippen molar-refractivity contribution in [1.82, 2.24) is 14.7 Å². The van der Waals surface area contributed by atoms with Crippen LogP contribution in [0.5, 0.6) is 0 Å². The second kappa shape index (κ2) is 5.42. The normalized spacial score (nSPS) is 11.4. The summed E-state index contributed by atoms with van der Waals surface area (Å²) in [4.78, 5) is 7.90. The van der Waals surface area contributed by atoms with Crippen LogP contribution in [0, 0.1) is 0 Å². The van der Waals surface area contributed by atoms with Gasteiger partial charge in [-0.15, -0.1) is 11.3 Å². The molecule has 2 heterocycles. The molecule has 6 nitrogen and oxygen atoms in total. The molecule has 0 saturated carbocycles. The van der Waals surface area contributed by atoms with Crippen LogP contribution in [0.15, 0.2) is 34.2 Å². The Kier molecular flexibility index (Phi) is 3.90. The third-order valence-electron chi connectivity index (χ3n) is 2.22. The van der Waals surface area contributed by atoms with Crippen molar-refractivity contribution in [3.8, 4) is 0 Å². The zero-order valence-corrected chi connectivity index (χ0v) is 11.3. The molecule has 0 saturated heterocycles. The molecular weight excluding hydrogens is 272 g/mol. The summed E-state index contributed by atoms with van der Waals surface area (Å²) in [5, 5.41) is 4.58. The fourth-order valence-corrected chi connectivity index (χ4v) is 3.05. The van der Waals surface area contributed by atoms with Crippen LogP contribution in [0.4, 0.5) is 5.69 Å².